The zero-order chi connectivity index (χ0) is 7.68. The maximum Gasteiger partial charge on any atom is 0.0991 e. The second-order valence-corrected chi connectivity index (χ2v) is 2.66. The van der Waals surface area contributed by atoms with Gasteiger partial charge in [-0.25, -0.2) is 0 Å². The largest absolute Gasteiger partial charge is 0.384 e. The molecular weight excluding hydrogens is 172 g/mol. The molecule has 0 bridgehead atoms. The third kappa shape index (κ3) is 1.37. The molecule has 0 unspecified atom stereocenters. The van der Waals surface area contributed by atoms with Crippen LogP contribution in [-0.4, -0.2) is 6.54 Å². The van der Waals surface area contributed by atoms with E-state index in [1.807, 2.05) is 18.2 Å². The Kier molecular flexibility index (Phi) is 2.57. The molecule has 2 rings (SSSR count). The fourth-order valence-electron chi connectivity index (χ4n) is 1.37. The Morgan fingerprint density at radius 2 is 2.25 bits per heavy atom. The summed E-state index contributed by atoms with van der Waals surface area (Å²) in [6.07, 6.45) is 1.05. The van der Waals surface area contributed by atoms with Crippen LogP contribution in [0, 0.1) is 11.3 Å². The Labute approximate surface area is 77.6 Å². The lowest BCUT2D eigenvalue weighted by Gasteiger charge is -1.97. The lowest BCUT2D eigenvalue weighted by Crippen LogP contribution is -1.90. The zero-order valence-corrected chi connectivity index (χ0v) is 7.32. The molecule has 1 aromatic carbocycles. The first kappa shape index (κ1) is 8.89. The molecule has 3 heteroatoms. The molecule has 62 valence electrons. The number of nitrogens with zero attached hydrogens (tertiary/aromatic N) is 1. The Bertz CT molecular complexity index is 328. The molecule has 0 amide bonds. The molecule has 0 fully saturated rings. The van der Waals surface area contributed by atoms with E-state index >= 15 is 0 Å². The van der Waals surface area contributed by atoms with Crippen molar-refractivity contribution >= 4 is 18.1 Å². The van der Waals surface area contributed by atoms with Crippen LogP contribution in [0.4, 0.5) is 5.69 Å². The molecule has 0 saturated carbocycles. The Balaban J connectivity index is 0.000000720. The quantitative estimate of drug-likeness (QED) is 0.663. The summed E-state index contributed by atoms with van der Waals surface area (Å²) in [6, 6.07) is 7.90. The van der Waals surface area contributed by atoms with Gasteiger partial charge >= 0.3 is 0 Å². The van der Waals surface area contributed by atoms with Gasteiger partial charge < -0.3 is 5.32 Å². The first-order valence-corrected chi connectivity index (χ1v) is 3.67. The van der Waals surface area contributed by atoms with Crippen LogP contribution in [0.2, 0.25) is 0 Å². The van der Waals surface area contributed by atoms with Crippen molar-refractivity contribution in [2.45, 2.75) is 6.42 Å². The molecule has 0 saturated heterocycles. The van der Waals surface area contributed by atoms with E-state index in [1.54, 1.807) is 0 Å². The summed E-state index contributed by atoms with van der Waals surface area (Å²) in [4.78, 5) is 0. The summed E-state index contributed by atoms with van der Waals surface area (Å²) in [7, 11) is 0. The third-order valence-electron chi connectivity index (χ3n) is 1.94. The van der Waals surface area contributed by atoms with Crippen LogP contribution in [0.3, 0.4) is 0 Å². The predicted molar refractivity (Wildman–Crippen MR) is 50.6 cm³/mol. The fourth-order valence-corrected chi connectivity index (χ4v) is 1.37. The number of nitriles is 1. The highest BCUT2D eigenvalue weighted by Gasteiger charge is 2.08. The van der Waals surface area contributed by atoms with Crippen LogP contribution in [-0.2, 0) is 6.42 Å². The SMILES string of the molecule is Cl.N#Cc1ccc2c(c1)CCN2. The highest BCUT2D eigenvalue weighted by Crippen LogP contribution is 2.22. The number of nitrogens with one attached hydrogen (secondary N) is 1. The minimum atomic E-state index is 0. The summed E-state index contributed by atoms with van der Waals surface area (Å²) >= 11 is 0. The number of anilines is 1. The van der Waals surface area contributed by atoms with Gasteiger partial charge in [-0.1, -0.05) is 0 Å². The maximum absolute atomic E-state index is 8.60. The number of hydrogen-bond donors (Lipinski definition) is 1. The lowest BCUT2D eigenvalue weighted by molar-refractivity contribution is 1.10. The van der Waals surface area contributed by atoms with E-state index < -0.39 is 0 Å². The van der Waals surface area contributed by atoms with Gasteiger partial charge in [-0.2, -0.15) is 5.26 Å². The van der Waals surface area contributed by atoms with Crippen LogP contribution in [0.5, 0.6) is 0 Å². The number of hydrogen-bond acceptors (Lipinski definition) is 2. The van der Waals surface area contributed by atoms with Gasteiger partial charge in [-0.05, 0) is 30.2 Å². The molecule has 1 aromatic rings. The van der Waals surface area contributed by atoms with E-state index in [4.69, 9.17) is 5.26 Å². The number of benzene rings is 1. The summed E-state index contributed by atoms with van der Waals surface area (Å²) in [5, 5.41) is 11.8. The normalized spacial score (nSPS) is 12.2. The van der Waals surface area contributed by atoms with Crippen molar-refractivity contribution < 1.29 is 0 Å². The average molecular weight is 181 g/mol. The molecule has 1 aliphatic rings. The van der Waals surface area contributed by atoms with Crippen LogP contribution < -0.4 is 5.32 Å². The second kappa shape index (κ2) is 3.46. The molecule has 1 N–H and O–H groups in total. The lowest BCUT2D eigenvalue weighted by atomic mass is 10.1. The zero-order valence-electron chi connectivity index (χ0n) is 6.50. The predicted octanol–water partition coefficient (Wildman–Crippen LogP) is 1.95. The van der Waals surface area contributed by atoms with Crippen molar-refractivity contribution in [2.75, 3.05) is 11.9 Å². The molecule has 1 heterocycles. The Morgan fingerprint density at radius 3 is 3.00 bits per heavy atom. The van der Waals surface area contributed by atoms with E-state index in [2.05, 4.69) is 11.4 Å². The van der Waals surface area contributed by atoms with Gasteiger partial charge in [0.05, 0.1) is 11.6 Å². The van der Waals surface area contributed by atoms with E-state index in [1.165, 1.54) is 11.3 Å². The highest BCUT2D eigenvalue weighted by molar-refractivity contribution is 5.85. The van der Waals surface area contributed by atoms with Crippen LogP contribution in [0.25, 0.3) is 0 Å². The summed E-state index contributed by atoms with van der Waals surface area (Å²) in [5.74, 6) is 0. The van der Waals surface area contributed by atoms with Crippen molar-refractivity contribution in [1.82, 2.24) is 0 Å². The van der Waals surface area contributed by atoms with Crippen molar-refractivity contribution in [3.8, 4) is 6.07 Å². The maximum atomic E-state index is 8.60. The third-order valence-corrected chi connectivity index (χ3v) is 1.94. The van der Waals surface area contributed by atoms with Crippen LogP contribution >= 0.6 is 12.4 Å². The van der Waals surface area contributed by atoms with Crippen molar-refractivity contribution in [3.05, 3.63) is 29.3 Å². The fraction of sp³-hybridized carbons (Fsp3) is 0.222. The van der Waals surface area contributed by atoms with Gasteiger partial charge in [0, 0.05) is 12.2 Å². The van der Waals surface area contributed by atoms with Crippen LogP contribution in [0.15, 0.2) is 18.2 Å². The molecule has 2 nitrogen and oxygen atoms in total. The van der Waals surface area contributed by atoms with Gasteiger partial charge in [0.1, 0.15) is 0 Å². The van der Waals surface area contributed by atoms with E-state index in [0.29, 0.717) is 0 Å². The smallest absolute Gasteiger partial charge is 0.0991 e. The number of halogens is 1. The molecule has 12 heavy (non-hydrogen) atoms. The standard InChI is InChI=1S/C9H8N2.ClH/c10-6-7-1-2-9-8(5-7)3-4-11-9;/h1-2,5,11H,3-4H2;1H. The van der Waals surface area contributed by atoms with E-state index in [9.17, 15) is 0 Å². The topological polar surface area (TPSA) is 35.8 Å². The van der Waals surface area contributed by atoms with E-state index in [-0.39, 0.29) is 12.4 Å². The highest BCUT2D eigenvalue weighted by atomic mass is 35.5. The van der Waals surface area contributed by atoms with Crippen LogP contribution in [0.1, 0.15) is 11.1 Å². The number of rotatable bonds is 0. The Morgan fingerprint density at radius 1 is 1.42 bits per heavy atom. The molecule has 0 spiro atoms. The molecule has 0 atom stereocenters. The van der Waals surface area contributed by atoms with E-state index in [0.717, 1.165) is 18.5 Å². The molecule has 1 aliphatic heterocycles. The van der Waals surface area contributed by atoms with Crippen molar-refractivity contribution in [1.29, 1.82) is 5.26 Å². The van der Waals surface area contributed by atoms with Crippen molar-refractivity contribution in [3.63, 3.8) is 0 Å². The van der Waals surface area contributed by atoms with Gasteiger partial charge in [0.2, 0.25) is 0 Å². The second-order valence-electron chi connectivity index (χ2n) is 2.66. The monoisotopic (exact) mass is 180 g/mol. The molecular formula is C9H9ClN2. The first-order chi connectivity index (χ1) is 5.40. The minimum absolute atomic E-state index is 0. The van der Waals surface area contributed by atoms with Gasteiger partial charge in [-0.15, -0.1) is 12.4 Å². The van der Waals surface area contributed by atoms with Gasteiger partial charge in [-0.3, -0.25) is 0 Å². The summed E-state index contributed by atoms with van der Waals surface area (Å²) < 4.78 is 0. The molecule has 0 aliphatic carbocycles. The number of fused-ring (bicyclic) bond motifs is 1. The Hall–Kier alpha value is -1.20. The van der Waals surface area contributed by atoms with Crippen molar-refractivity contribution in [2.24, 2.45) is 0 Å². The molecule has 0 radical (unpaired) electrons. The van der Waals surface area contributed by atoms with Gasteiger partial charge in [0.25, 0.3) is 0 Å². The minimum Gasteiger partial charge on any atom is -0.384 e. The molecule has 0 aromatic heterocycles. The first-order valence-electron chi connectivity index (χ1n) is 3.67. The van der Waals surface area contributed by atoms with Gasteiger partial charge in [0.15, 0.2) is 0 Å². The summed E-state index contributed by atoms with van der Waals surface area (Å²) in [6.45, 7) is 1.00. The summed E-state index contributed by atoms with van der Waals surface area (Å²) in [5.41, 5.74) is 3.21. The average Bonchev–Trinajstić information content (AvgIpc) is 2.50.